The molecular weight excluding hydrogens is 382 g/mol. The Kier molecular flexibility index (Phi) is 6.47. The molecule has 0 radical (unpaired) electrons. The van der Waals surface area contributed by atoms with Crippen LogP contribution in [-0.2, 0) is 4.79 Å². The monoisotopic (exact) mass is 401 g/mol. The predicted molar refractivity (Wildman–Crippen MR) is 108 cm³/mol. The Balaban J connectivity index is 1.92. The van der Waals surface area contributed by atoms with Crippen molar-refractivity contribution in [2.24, 2.45) is 5.92 Å². The lowest BCUT2D eigenvalue weighted by molar-refractivity contribution is -0.118. The molecule has 3 rings (SSSR count). The summed E-state index contributed by atoms with van der Waals surface area (Å²) >= 11 is 7.75. The standard InChI is InChI=1S/C19H20ClN5OS/c1-13(2)11-22-17(26)12-27-19-24-23-18(14-7-9-21-10-8-14)25(19)16-6-4-3-5-15(16)20/h3-10,13H,11-12H2,1-2H3,(H,22,26). The van der Waals surface area contributed by atoms with Crippen molar-refractivity contribution < 1.29 is 4.79 Å². The normalized spacial score (nSPS) is 11.0. The van der Waals surface area contributed by atoms with Gasteiger partial charge in [0.1, 0.15) is 0 Å². The number of rotatable bonds is 7. The van der Waals surface area contributed by atoms with Crippen molar-refractivity contribution in [1.29, 1.82) is 0 Å². The molecule has 0 aliphatic rings. The molecule has 0 saturated heterocycles. The van der Waals surface area contributed by atoms with E-state index in [4.69, 9.17) is 11.6 Å². The smallest absolute Gasteiger partial charge is 0.230 e. The summed E-state index contributed by atoms with van der Waals surface area (Å²) in [6, 6.07) is 11.2. The molecule has 0 atom stereocenters. The summed E-state index contributed by atoms with van der Waals surface area (Å²) in [5.74, 6) is 1.28. The fourth-order valence-corrected chi connectivity index (χ4v) is 3.40. The van der Waals surface area contributed by atoms with Gasteiger partial charge in [-0.15, -0.1) is 10.2 Å². The van der Waals surface area contributed by atoms with Gasteiger partial charge in [0.05, 0.1) is 16.5 Å². The van der Waals surface area contributed by atoms with E-state index in [0.29, 0.717) is 28.5 Å². The maximum atomic E-state index is 12.1. The number of thioether (sulfide) groups is 1. The van der Waals surface area contributed by atoms with Crippen LogP contribution in [0, 0.1) is 5.92 Å². The largest absolute Gasteiger partial charge is 0.355 e. The van der Waals surface area contributed by atoms with E-state index in [1.165, 1.54) is 11.8 Å². The van der Waals surface area contributed by atoms with E-state index in [1.807, 2.05) is 41.0 Å². The average Bonchev–Trinajstić information content (AvgIpc) is 3.09. The molecule has 0 saturated carbocycles. The minimum Gasteiger partial charge on any atom is -0.355 e. The maximum absolute atomic E-state index is 12.1. The van der Waals surface area contributed by atoms with Crippen molar-refractivity contribution in [1.82, 2.24) is 25.1 Å². The SMILES string of the molecule is CC(C)CNC(=O)CSc1nnc(-c2ccncc2)n1-c1ccccc1Cl. The summed E-state index contributed by atoms with van der Waals surface area (Å²) < 4.78 is 1.87. The molecule has 140 valence electrons. The van der Waals surface area contributed by atoms with Gasteiger partial charge < -0.3 is 5.32 Å². The van der Waals surface area contributed by atoms with Gasteiger partial charge in [0.15, 0.2) is 11.0 Å². The average molecular weight is 402 g/mol. The van der Waals surface area contributed by atoms with Crippen molar-refractivity contribution in [3.05, 3.63) is 53.8 Å². The van der Waals surface area contributed by atoms with Gasteiger partial charge in [-0.3, -0.25) is 14.3 Å². The quantitative estimate of drug-likeness (QED) is 0.609. The number of aromatic nitrogens is 4. The van der Waals surface area contributed by atoms with Crippen LogP contribution in [0.25, 0.3) is 17.1 Å². The Morgan fingerprint density at radius 3 is 2.63 bits per heavy atom. The highest BCUT2D eigenvalue weighted by Crippen LogP contribution is 2.31. The summed E-state index contributed by atoms with van der Waals surface area (Å²) in [6.45, 7) is 4.77. The third-order valence-electron chi connectivity index (χ3n) is 3.71. The lowest BCUT2D eigenvalue weighted by Crippen LogP contribution is -2.28. The number of hydrogen-bond acceptors (Lipinski definition) is 5. The number of halogens is 1. The third kappa shape index (κ3) is 4.87. The Morgan fingerprint density at radius 2 is 1.93 bits per heavy atom. The highest BCUT2D eigenvalue weighted by Gasteiger charge is 2.18. The van der Waals surface area contributed by atoms with Gasteiger partial charge in [-0.2, -0.15) is 0 Å². The molecule has 0 aliphatic carbocycles. The highest BCUT2D eigenvalue weighted by molar-refractivity contribution is 7.99. The van der Waals surface area contributed by atoms with Gasteiger partial charge >= 0.3 is 0 Å². The molecule has 1 aromatic carbocycles. The van der Waals surface area contributed by atoms with E-state index in [9.17, 15) is 4.79 Å². The van der Waals surface area contributed by atoms with E-state index < -0.39 is 0 Å². The van der Waals surface area contributed by atoms with Gasteiger partial charge in [0.25, 0.3) is 0 Å². The Bertz CT molecular complexity index is 913. The topological polar surface area (TPSA) is 72.7 Å². The Morgan fingerprint density at radius 1 is 1.19 bits per heavy atom. The molecule has 2 heterocycles. The molecule has 0 fully saturated rings. The van der Waals surface area contributed by atoms with Crippen LogP contribution in [0.4, 0.5) is 0 Å². The zero-order chi connectivity index (χ0) is 19.2. The molecule has 27 heavy (non-hydrogen) atoms. The fraction of sp³-hybridized carbons (Fsp3) is 0.263. The number of benzene rings is 1. The van der Waals surface area contributed by atoms with Crippen LogP contribution in [0.1, 0.15) is 13.8 Å². The van der Waals surface area contributed by atoms with Gasteiger partial charge in [-0.25, -0.2) is 0 Å². The zero-order valence-electron chi connectivity index (χ0n) is 15.1. The van der Waals surface area contributed by atoms with E-state index in [2.05, 4.69) is 34.3 Å². The molecular formula is C19H20ClN5OS. The highest BCUT2D eigenvalue weighted by atomic mass is 35.5. The van der Waals surface area contributed by atoms with Crippen LogP contribution in [0.15, 0.2) is 53.9 Å². The van der Waals surface area contributed by atoms with Crippen molar-refractivity contribution in [2.75, 3.05) is 12.3 Å². The van der Waals surface area contributed by atoms with Crippen molar-refractivity contribution in [2.45, 2.75) is 19.0 Å². The van der Waals surface area contributed by atoms with Gasteiger partial charge in [-0.05, 0) is 30.2 Å². The lowest BCUT2D eigenvalue weighted by atomic mass is 10.2. The molecule has 8 heteroatoms. The molecule has 0 aliphatic heterocycles. The number of hydrogen-bond donors (Lipinski definition) is 1. The van der Waals surface area contributed by atoms with Crippen LogP contribution < -0.4 is 5.32 Å². The Hall–Kier alpha value is -2.38. The molecule has 2 aromatic heterocycles. The Labute approximate surface area is 167 Å². The molecule has 6 nitrogen and oxygen atoms in total. The summed E-state index contributed by atoms with van der Waals surface area (Å²) in [5, 5.41) is 12.7. The van der Waals surface area contributed by atoms with E-state index in [-0.39, 0.29) is 11.7 Å². The van der Waals surface area contributed by atoms with E-state index in [1.54, 1.807) is 12.4 Å². The van der Waals surface area contributed by atoms with E-state index in [0.717, 1.165) is 11.3 Å². The van der Waals surface area contributed by atoms with Crippen molar-refractivity contribution in [3.63, 3.8) is 0 Å². The van der Waals surface area contributed by atoms with Crippen molar-refractivity contribution >= 4 is 29.3 Å². The second-order valence-corrected chi connectivity index (χ2v) is 7.67. The second kappa shape index (κ2) is 9.01. The first-order valence-corrected chi connectivity index (χ1v) is 9.93. The summed E-state index contributed by atoms with van der Waals surface area (Å²) in [6.07, 6.45) is 3.40. The number of pyridine rings is 1. The van der Waals surface area contributed by atoms with Gasteiger partial charge in [0.2, 0.25) is 5.91 Å². The predicted octanol–water partition coefficient (Wildman–Crippen LogP) is 3.85. The number of amides is 1. The number of nitrogens with one attached hydrogen (secondary N) is 1. The zero-order valence-corrected chi connectivity index (χ0v) is 16.7. The summed E-state index contributed by atoms with van der Waals surface area (Å²) in [5.41, 5.74) is 1.63. The molecule has 3 aromatic rings. The fourth-order valence-electron chi connectivity index (χ4n) is 2.40. The number of carbonyl (C=O) groups excluding carboxylic acids is 1. The third-order valence-corrected chi connectivity index (χ3v) is 4.95. The number of para-hydroxylation sites is 1. The molecule has 1 amide bonds. The first-order valence-electron chi connectivity index (χ1n) is 8.56. The van der Waals surface area contributed by atoms with Crippen LogP contribution in [0.2, 0.25) is 5.02 Å². The van der Waals surface area contributed by atoms with Crippen LogP contribution in [-0.4, -0.2) is 38.0 Å². The van der Waals surface area contributed by atoms with Gasteiger partial charge in [-0.1, -0.05) is 49.3 Å². The molecule has 0 spiro atoms. The summed E-state index contributed by atoms with van der Waals surface area (Å²) in [7, 11) is 0. The molecule has 0 bridgehead atoms. The first kappa shape index (κ1) is 19.4. The second-order valence-electron chi connectivity index (χ2n) is 6.32. The van der Waals surface area contributed by atoms with Crippen LogP contribution in [0.5, 0.6) is 0 Å². The number of carbonyl (C=O) groups is 1. The summed E-state index contributed by atoms with van der Waals surface area (Å²) in [4.78, 5) is 16.1. The maximum Gasteiger partial charge on any atom is 0.230 e. The van der Waals surface area contributed by atoms with Crippen LogP contribution >= 0.6 is 23.4 Å². The number of nitrogens with zero attached hydrogens (tertiary/aromatic N) is 4. The molecule has 1 N–H and O–H groups in total. The van der Waals surface area contributed by atoms with Crippen molar-refractivity contribution in [3.8, 4) is 17.1 Å². The minimum atomic E-state index is -0.0344. The van der Waals surface area contributed by atoms with E-state index >= 15 is 0 Å². The van der Waals surface area contributed by atoms with Crippen LogP contribution in [0.3, 0.4) is 0 Å². The first-order chi connectivity index (χ1) is 13.1. The minimum absolute atomic E-state index is 0.0344. The van der Waals surface area contributed by atoms with Gasteiger partial charge in [0, 0.05) is 24.5 Å². The lowest BCUT2D eigenvalue weighted by Gasteiger charge is -2.12. The molecule has 0 unspecified atom stereocenters.